The molecule has 2 N–H and O–H groups in total. The Morgan fingerprint density at radius 1 is 0.972 bits per heavy atom. The molecule has 0 aliphatic rings. The van der Waals surface area contributed by atoms with E-state index >= 15 is 0 Å². The molecule has 0 saturated carbocycles. The molecule has 2 aromatic carbocycles. The molecular formula is C23H25F3N2O7S. The first-order chi connectivity index (χ1) is 17.0. The summed E-state index contributed by atoms with van der Waals surface area (Å²) < 4.78 is 74.4. The molecule has 196 valence electrons. The Morgan fingerprint density at radius 3 is 2.03 bits per heavy atom. The highest BCUT2D eigenvalue weighted by atomic mass is 32.2. The molecule has 0 aliphatic carbocycles. The van der Waals surface area contributed by atoms with Crippen molar-refractivity contribution in [3.8, 4) is 0 Å². The molecule has 0 radical (unpaired) electrons. The average molecular weight is 531 g/mol. The number of halogens is 3. The Morgan fingerprint density at radius 2 is 1.50 bits per heavy atom. The zero-order chi connectivity index (χ0) is 26.6. The van der Waals surface area contributed by atoms with Crippen molar-refractivity contribution in [3.05, 3.63) is 71.8 Å². The Kier molecular flexibility index (Phi) is 10.9. The van der Waals surface area contributed by atoms with Gasteiger partial charge < -0.3 is 19.9 Å². The molecular weight excluding hydrogens is 505 g/mol. The van der Waals surface area contributed by atoms with Crippen molar-refractivity contribution in [2.24, 2.45) is 4.40 Å². The van der Waals surface area contributed by atoms with E-state index < -0.39 is 59.0 Å². The number of carbonyl (C=O) groups is 2. The number of sulfonamides is 1. The van der Waals surface area contributed by atoms with E-state index in [2.05, 4.69) is 9.71 Å². The summed E-state index contributed by atoms with van der Waals surface area (Å²) in [5, 5.41) is 11.2. The number of rotatable bonds is 12. The van der Waals surface area contributed by atoms with Crippen LogP contribution < -0.4 is 5.32 Å². The molecule has 9 nitrogen and oxygen atoms in total. The summed E-state index contributed by atoms with van der Waals surface area (Å²) in [6.07, 6.45) is -9.54. The van der Waals surface area contributed by atoms with E-state index in [9.17, 15) is 31.2 Å². The van der Waals surface area contributed by atoms with Crippen LogP contribution in [-0.2, 0) is 37.5 Å². The molecule has 36 heavy (non-hydrogen) atoms. The van der Waals surface area contributed by atoms with Crippen molar-refractivity contribution in [1.82, 2.24) is 5.32 Å². The molecule has 0 fully saturated rings. The van der Waals surface area contributed by atoms with Crippen LogP contribution in [0, 0.1) is 0 Å². The summed E-state index contributed by atoms with van der Waals surface area (Å²) in [7, 11) is -4.37. The Labute approximate surface area is 206 Å². The van der Waals surface area contributed by atoms with E-state index in [4.69, 9.17) is 14.6 Å². The lowest BCUT2D eigenvalue weighted by Crippen LogP contribution is -2.42. The first-order valence-electron chi connectivity index (χ1n) is 10.7. The number of aliphatic hydroxyl groups is 1. The van der Waals surface area contributed by atoms with Gasteiger partial charge in [-0.15, -0.1) is 0 Å². The Bertz CT molecular complexity index is 1110. The zero-order valence-electron chi connectivity index (χ0n) is 18.9. The molecule has 0 unspecified atom stereocenters. The van der Waals surface area contributed by atoms with Crippen LogP contribution in [0.3, 0.4) is 0 Å². The minimum atomic E-state index is -4.96. The molecule has 2 rings (SSSR count). The highest BCUT2D eigenvalue weighted by Crippen LogP contribution is 2.22. The van der Waals surface area contributed by atoms with Crippen LogP contribution in [0.15, 0.2) is 65.1 Å². The topological polar surface area (TPSA) is 131 Å². The van der Waals surface area contributed by atoms with Gasteiger partial charge in [-0.3, -0.25) is 0 Å². The van der Waals surface area contributed by atoms with Crippen LogP contribution in [0.5, 0.6) is 0 Å². The van der Waals surface area contributed by atoms with Crippen LogP contribution in [0.2, 0.25) is 0 Å². The minimum Gasteiger partial charge on any atom is -0.459 e. The molecule has 0 heterocycles. The van der Waals surface area contributed by atoms with Crippen LogP contribution in [0.4, 0.5) is 18.0 Å². The largest absolute Gasteiger partial charge is 0.459 e. The maximum Gasteiger partial charge on any atom is 0.414 e. The van der Waals surface area contributed by atoms with Gasteiger partial charge in [0.05, 0.1) is 5.75 Å². The van der Waals surface area contributed by atoms with Gasteiger partial charge in [-0.05, 0) is 17.5 Å². The van der Waals surface area contributed by atoms with Gasteiger partial charge in [-0.25, -0.2) is 18.0 Å². The van der Waals surface area contributed by atoms with Crippen molar-refractivity contribution in [1.29, 1.82) is 0 Å². The van der Waals surface area contributed by atoms with Crippen molar-refractivity contribution in [2.75, 3.05) is 5.75 Å². The maximum atomic E-state index is 12.5. The van der Waals surface area contributed by atoms with Crippen LogP contribution in [-0.4, -0.2) is 55.9 Å². The molecule has 0 saturated heterocycles. The third kappa shape index (κ3) is 10.9. The number of carbonyl (C=O) groups excluding carboxylic acids is 2. The molecule has 0 bridgehead atoms. The average Bonchev–Trinajstić information content (AvgIpc) is 2.84. The summed E-state index contributed by atoms with van der Waals surface area (Å²) in [6.45, 7) is -0.218. The number of alkyl carbamates (subject to hydrolysis) is 1. The number of benzene rings is 2. The lowest BCUT2D eigenvalue weighted by molar-refractivity contribution is -0.203. The minimum absolute atomic E-state index is 0.0948. The Hall–Kier alpha value is -3.45. The van der Waals surface area contributed by atoms with Gasteiger partial charge in [0.25, 0.3) is 10.0 Å². The summed E-state index contributed by atoms with van der Waals surface area (Å²) >= 11 is 0. The third-order valence-corrected chi connectivity index (χ3v) is 5.84. The lowest BCUT2D eigenvalue weighted by Gasteiger charge is -2.16. The molecule has 2 aromatic rings. The number of amides is 1. The highest BCUT2D eigenvalue weighted by Gasteiger charge is 2.38. The van der Waals surface area contributed by atoms with Crippen LogP contribution >= 0.6 is 0 Å². The number of nitrogens with one attached hydrogen (secondary N) is 1. The van der Waals surface area contributed by atoms with Gasteiger partial charge in [0.15, 0.2) is 6.10 Å². The van der Waals surface area contributed by atoms with Crippen LogP contribution in [0.25, 0.3) is 0 Å². The lowest BCUT2D eigenvalue weighted by atomic mass is 10.2. The van der Waals surface area contributed by atoms with E-state index in [1.165, 1.54) is 0 Å². The van der Waals surface area contributed by atoms with Crippen molar-refractivity contribution < 1.29 is 45.8 Å². The second kappa shape index (κ2) is 13.6. The van der Waals surface area contributed by atoms with Crippen molar-refractivity contribution >= 4 is 28.3 Å². The highest BCUT2D eigenvalue weighted by molar-refractivity contribution is 7.90. The van der Waals surface area contributed by atoms with E-state index in [1.807, 2.05) is 0 Å². The van der Waals surface area contributed by atoms with Gasteiger partial charge in [-0.2, -0.15) is 17.6 Å². The number of ether oxygens (including phenoxy) is 2. The zero-order valence-corrected chi connectivity index (χ0v) is 19.7. The smallest absolute Gasteiger partial charge is 0.414 e. The first-order valence-corrected chi connectivity index (χ1v) is 12.3. The number of hydrogen-bond donors (Lipinski definition) is 2. The number of hydrogen-bond acceptors (Lipinski definition) is 7. The predicted molar refractivity (Wildman–Crippen MR) is 123 cm³/mol. The van der Waals surface area contributed by atoms with Gasteiger partial charge in [0, 0.05) is 12.6 Å². The van der Waals surface area contributed by atoms with Gasteiger partial charge in [-0.1, -0.05) is 60.7 Å². The first kappa shape index (κ1) is 28.8. The number of aliphatic hydroxyl groups excluding tert-OH is 1. The van der Waals surface area contributed by atoms with E-state index in [1.54, 1.807) is 60.7 Å². The van der Waals surface area contributed by atoms with E-state index in [0.29, 0.717) is 11.1 Å². The SMILES string of the molecule is O=C(N[C@@H](CC=NS(=O)(=O)CC[C@@H](O)C(F)(F)F)C(=O)OCc1ccccc1)OCc1ccccc1. The maximum absolute atomic E-state index is 12.5. The summed E-state index contributed by atoms with van der Waals surface area (Å²) in [5.74, 6) is -1.98. The van der Waals surface area contributed by atoms with Crippen LogP contribution in [0.1, 0.15) is 24.0 Å². The number of alkyl halides is 3. The number of esters is 1. The molecule has 0 aromatic heterocycles. The molecule has 1 amide bonds. The fourth-order valence-electron chi connectivity index (χ4n) is 2.69. The molecule has 2 atom stereocenters. The van der Waals surface area contributed by atoms with Gasteiger partial charge >= 0.3 is 18.2 Å². The summed E-state index contributed by atoms with van der Waals surface area (Å²) in [6, 6.07) is 15.9. The van der Waals surface area contributed by atoms with Crippen molar-refractivity contribution in [3.63, 3.8) is 0 Å². The normalized spacial score (nSPS) is 13.7. The molecule has 0 aliphatic heterocycles. The second-order valence-electron chi connectivity index (χ2n) is 7.51. The van der Waals surface area contributed by atoms with E-state index in [-0.39, 0.29) is 13.2 Å². The standard InChI is InChI=1S/C23H25F3N2O7S/c24-23(25,26)20(29)12-14-36(32,33)27-13-11-19(21(30)34-15-17-7-3-1-4-8-17)28-22(31)35-16-18-9-5-2-6-10-18/h1-10,13,19-20,29H,11-12,14-16H2,(H,28,31)/t19-,20+/m0/s1. The summed E-state index contributed by atoms with van der Waals surface area (Å²) in [5.41, 5.74) is 1.35. The van der Waals surface area contributed by atoms with Gasteiger partial charge in [0.1, 0.15) is 19.3 Å². The molecule has 13 heteroatoms. The molecule has 0 spiro atoms. The quantitative estimate of drug-likeness (QED) is 0.318. The van der Waals surface area contributed by atoms with E-state index in [0.717, 1.165) is 6.21 Å². The van der Waals surface area contributed by atoms with Crippen molar-refractivity contribution in [2.45, 2.75) is 44.4 Å². The van der Waals surface area contributed by atoms with Gasteiger partial charge in [0.2, 0.25) is 0 Å². The second-order valence-corrected chi connectivity index (χ2v) is 9.29. The Balaban J connectivity index is 1.99. The fourth-order valence-corrected chi connectivity index (χ4v) is 3.63. The fraction of sp³-hybridized carbons (Fsp3) is 0.348. The number of nitrogens with zero attached hydrogens (tertiary/aromatic N) is 1. The summed E-state index contributed by atoms with van der Waals surface area (Å²) in [4.78, 5) is 24.7. The predicted octanol–water partition coefficient (Wildman–Crippen LogP) is 3.13. The third-order valence-electron chi connectivity index (χ3n) is 4.62. The monoisotopic (exact) mass is 530 g/mol.